The molecule has 0 fully saturated rings. The summed E-state index contributed by atoms with van der Waals surface area (Å²) in [5, 5.41) is 0. The molecular formula is C23H14F6N2O. The van der Waals surface area contributed by atoms with Crippen molar-refractivity contribution in [1.29, 1.82) is 0 Å². The van der Waals surface area contributed by atoms with Gasteiger partial charge in [0.1, 0.15) is 11.6 Å². The molecule has 0 radical (unpaired) electrons. The zero-order valence-electron chi connectivity index (χ0n) is 16.2. The molecule has 3 nitrogen and oxygen atoms in total. The van der Waals surface area contributed by atoms with Gasteiger partial charge in [-0.15, -0.1) is 13.2 Å². The molecule has 1 aromatic heterocycles. The molecular weight excluding hydrogens is 434 g/mol. The number of alkyl halides is 6. The Morgan fingerprint density at radius 3 is 2.16 bits per heavy atom. The van der Waals surface area contributed by atoms with Gasteiger partial charge in [0.25, 0.3) is 0 Å². The summed E-state index contributed by atoms with van der Waals surface area (Å²) in [6, 6.07) is 17.2. The van der Waals surface area contributed by atoms with Crippen LogP contribution in [0.4, 0.5) is 26.3 Å². The minimum atomic E-state index is -4.82. The Morgan fingerprint density at radius 2 is 1.44 bits per heavy atom. The summed E-state index contributed by atoms with van der Waals surface area (Å²) in [5.41, 5.74) is 0.593. The number of nitrogens with zero attached hydrogens (tertiary/aromatic N) is 2. The normalized spacial score (nSPS) is 12.1. The fourth-order valence-corrected chi connectivity index (χ4v) is 3.34. The summed E-state index contributed by atoms with van der Waals surface area (Å²) in [6.07, 6.45) is -6.48. The van der Waals surface area contributed by atoms with Crippen molar-refractivity contribution in [2.75, 3.05) is 0 Å². The molecule has 0 spiro atoms. The number of ether oxygens (including phenoxy) is 1. The smallest absolute Gasteiger partial charge is 0.406 e. The summed E-state index contributed by atoms with van der Waals surface area (Å²) in [7, 11) is 0. The first-order valence-electron chi connectivity index (χ1n) is 9.28. The zero-order valence-corrected chi connectivity index (χ0v) is 16.2. The minimum absolute atomic E-state index is 0.0871. The predicted octanol–water partition coefficient (Wildman–Crippen LogP) is 7.12. The molecule has 9 heteroatoms. The van der Waals surface area contributed by atoms with Gasteiger partial charge in [0.2, 0.25) is 0 Å². The first kappa shape index (κ1) is 21.5. The van der Waals surface area contributed by atoms with Crippen molar-refractivity contribution < 1.29 is 31.1 Å². The first-order valence-corrected chi connectivity index (χ1v) is 9.28. The maximum absolute atomic E-state index is 13.5. The monoisotopic (exact) mass is 448 g/mol. The van der Waals surface area contributed by atoms with Crippen LogP contribution in [-0.2, 0) is 6.18 Å². The maximum atomic E-state index is 13.5. The van der Waals surface area contributed by atoms with Crippen LogP contribution in [-0.4, -0.2) is 15.9 Å². The van der Waals surface area contributed by atoms with Gasteiger partial charge in [-0.1, -0.05) is 42.5 Å². The predicted molar refractivity (Wildman–Crippen MR) is 106 cm³/mol. The molecule has 0 unspecified atom stereocenters. The SMILES string of the molecule is FC(F)(F)Oc1cccc(-c2cccc(-n3ccnc3-c3ccccc3C(F)(F)F)c2)c1. The average molecular weight is 448 g/mol. The lowest BCUT2D eigenvalue weighted by Gasteiger charge is -2.15. The van der Waals surface area contributed by atoms with E-state index < -0.39 is 18.1 Å². The minimum Gasteiger partial charge on any atom is -0.406 e. The summed E-state index contributed by atoms with van der Waals surface area (Å²) in [4.78, 5) is 4.11. The van der Waals surface area contributed by atoms with E-state index in [0.29, 0.717) is 16.8 Å². The molecule has 0 N–H and O–H groups in total. The van der Waals surface area contributed by atoms with E-state index in [1.54, 1.807) is 30.3 Å². The fraction of sp³-hybridized carbons (Fsp3) is 0.0870. The van der Waals surface area contributed by atoms with Crippen LogP contribution in [0.5, 0.6) is 5.75 Å². The van der Waals surface area contributed by atoms with Gasteiger partial charge < -0.3 is 4.74 Å². The molecule has 0 amide bonds. The second-order valence-electron chi connectivity index (χ2n) is 6.79. The van der Waals surface area contributed by atoms with Crippen LogP contribution in [0.3, 0.4) is 0 Å². The number of rotatable bonds is 4. The Labute approximate surface area is 178 Å². The Hall–Kier alpha value is -3.75. The van der Waals surface area contributed by atoms with Crippen molar-refractivity contribution >= 4 is 0 Å². The summed E-state index contributed by atoms with van der Waals surface area (Å²) in [6.45, 7) is 0. The lowest BCUT2D eigenvalue weighted by atomic mass is 10.0. The number of aromatic nitrogens is 2. The highest BCUT2D eigenvalue weighted by Crippen LogP contribution is 2.37. The molecule has 32 heavy (non-hydrogen) atoms. The molecule has 4 rings (SSSR count). The van der Waals surface area contributed by atoms with E-state index in [1.807, 2.05) is 0 Å². The lowest BCUT2D eigenvalue weighted by Crippen LogP contribution is -2.17. The van der Waals surface area contributed by atoms with Crippen LogP contribution in [0.1, 0.15) is 5.56 Å². The van der Waals surface area contributed by atoms with E-state index in [9.17, 15) is 26.3 Å². The van der Waals surface area contributed by atoms with E-state index >= 15 is 0 Å². The van der Waals surface area contributed by atoms with Crippen molar-refractivity contribution in [2.45, 2.75) is 12.5 Å². The molecule has 164 valence electrons. The van der Waals surface area contributed by atoms with E-state index in [-0.39, 0.29) is 17.1 Å². The Morgan fingerprint density at radius 1 is 0.750 bits per heavy atom. The maximum Gasteiger partial charge on any atom is 0.573 e. The van der Waals surface area contributed by atoms with E-state index in [1.165, 1.54) is 53.4 Å². The highest BCUT2D eigenvalue weighted by Gasteiger charge is 2.34. The average Bonchev–Trinajstić information content (AvgIpc) is 3.22. The number of hydrogen-bond donors (Lipinski definition) is 0. The lowest BCUT2D eigenvalue weighted by molar-refractivity contribution is -0.274. The second kappa shape index (κ2) is 8.07. The van der Waals surface area contributed by atoms with E-state index in [0.717, 1.165) is 6.07 Å². The molecule has 0 saturated carbocycles. The van der Waals surface area contributed by atoms with Crippen LogP contribution in [0.2, 0.25) is 0 Å². The van der Waals surface area contributed by atoms with Crippen LogP contribution in [0.15, 0.2) is 85.2 Å². The Kier molecular flexibility index (Phi) is 5.41. The molecule has 0 bridgehead atoms. The molecule has 0 aliphatic carbocycles. The molecule has 3 aromatic carbocycles. The van der Waals surface area contributed by atoms with Crippen LogP contribution in [0, 0.1) is 0 Å². The first-order chi connectivity index (χ1) is 15.1. The standard InChI is InChI=1S/C23H14F6N2O/c24-22(25,26)20-10-2-1-9-19(20)21-30-11-12-31(21)17-7-3-5-15(13-17)16-6-4-8-18(14-16)32-23(27,28)29/h1-14H. The van der Waals surface area contributed by atoms with Gasteiger partial charge >= 0.3 is 12.5 Å². The number of imidazole rings is 1. The molecule has 0 saturated heterocycles. The van der Waals surface area contributed by atoms with Gasteiger partial charge in [0.15, 0.2) is 0 Å². The van der Waals surface area contributed by atoms with Gasteiger partial charge in [-0.3, -0.25) is 4.57 Å². The Bertz CT molecular complexity index is 1240. The van der Waals surface area contributed by atoms with Gasteiger partial charge in [0.05, 0.1) is 5.56 Å². The van der Waals surface area contributed by atoms with E-state index in [4.69, 9.17) is 0 Å². The summed E-state index contributed by atoms with van der Waals surface area (Å²) in [5.74, 6) is -0.285. The molecule has 0 aliphatic heterocycles. The van der Waals surface area contributed by atoms with Crippen molar-refractivity contribution in [3.8, 4) is 34.0 Å². The topological polar surface area (TPSA) is 27.1 Å². The third-order valence-electron chi connectivity index (χ3n) is 4.64. The van der Waals surface area contributed by atoms with Crippen LogP contribution >= 0.6 is 0 Å². The van der Waals surface area contributed by atoms with Gasteiger partial charge in [-0.25, -0.2) is 4.98 Å². The molecule has 1 heterocycles. The van der Waals surface area contributed by atoms with E-state index in [2.05, 4.69) is 9.72 Å². The molecule has 0 aliphatic rings. The number of benzene rings is 3. The molecule has 0 atom stereocenters. The third kappa shape index (κ3) is 4.61. The van der Waals surface area contributed by atoms with Crippen LogP contribution < -0.4 is 4.74 Å². The summed E-state index contributed by atoms with van der Waals surface area (Å²) >= 11 is 0. The van der Waals surface area contributed by atoms with Gasteiger partial charge in [0, 0.05) is 23.6 Å². The highest BCUT2D eigenvalue weighted by molar-refractivity contribution is 5.69. The second-order valence-corrected chi connectivity index (χ2v) is 6.79. The van der Waals surface area contributed by atoms with Crippen molar-refractivity contribution in [1.82, 2.24) is 9.55 Å². The van der Waals surface area contributed by atoms with Crippen LogP contribution in [0.25, 0.3) is 28.2 Å². The van der Waals surface area contributed by atoms with Crippen molar-refractivity contribution in [3.63, 3.8) is 0 Å². The van der Waals surface area contributed by atoms with Crippen molar-refractivity contribution in [2.24, 2.45) is 0 Å². The third-order valence-corrected chi connectivity index (χ3v) is 4.64. The highest BCUT2D eigenvalue weighted by atomic mass is 19.4. The van der Waals surface area contributed by atoms with Gasteiger partial charge in [-0.05, 0) is 41.5 Å². The largest absolute Gasteiger partial charge is 0.573 e. The number of hydrogen-bond acceptors (Lipinski definition) is 2. The summed E-state index contributed by atoms with van der Waals surface area (Å²) < 4.78 is 83.5. The Balaban J connectivity index is 1.75. The number of halogens is 6. The fourth-order valence-electron chi connectivity index (χ4n) is 3.34. The van der Waals surface area contributed by atoms with Crippen molar-refractivity contribution in [3.05, 3.63) is 90.8 Å². The molecule has 4 aromatic rings. The van der Waals surface area contributed by atoms with Gasteiger partial charge in [-0.2, -0.15) is 13.2 Å². The zero-order chi connectivity index (χ0) is 22.9. The quantitative estimate of drug-likeness (QED) is 0.311.